The first kappa shape index (κ1) is 14.8. The Bertz CT molecular complexity index is 856. The minimum absolute atomic E-state index is 0.0291. The highest BCUT2D eigenvalue weighted by atomic mass is 16.5. The van der Waals surface area contributed by atoms with Crippen LogP contribution in [0, 0.1) is 0 Å². The van der Waals surface area contributed by atoms with Gasteiger partial charge in [0.05, 0.1) is 26.1 Å². The Kier molecular flexibility index (Phi) is 3.92. The molecule has 0 saturated carbocycles. The maximum absolute atomic E-state index is 12.4. The fraction of sp³-hybridized carbons (Fsp3) is 0.294. The zero-order valence-corrected chi connectivity index (χ0v) is 13.1. The van der Waals surface area contributed by atoms with E-state index in [1.807, 2.05) is 30.3 Å². The summed E-state index contributed by atoms with van der Waals surface area (Å²) in [7, 11) is 0. The van der Waals surface area contributed by atoms with Gasteiger partial charge in [0.2, 0.25) is 0 Å². The van der Waals surface area contributed by atoms with Crippen LogP contribution in [-0.4, -0.2) is 51.6 Å². The maximum atomic E-state index is 12.4. The van der Waals surface area contributed by atoms with Crippen LogP contribution in [-0.2, 0) is 11.3 Å². The van der Waals surface area contributed by atoms with Crippen molar-refractivity contribution < 1.29 is 9.53 Å². The highest BCUT2D eigenvalue weighted by Gasteiger charge is 2.19. The average molecular weight is 323 g/mol. The lowest BCUT2D eigenvalue weighted by molar-refractivity contribution is 0.0973. The summed E-state index contributed by atoms with van der Waals surface area (Å²) in [5.74, 6) is 0.829. The second kappa shape index (κ2) is 6.37. The Morgan fingerprint density at radius 3 is 2.67 bits per heavy atom. The molecule has 0 bridgehead atoms. The van der Waals surface area contributed by atoms with Crippen molar-refractivity contribution in [3.8, 4) is 0 Å². The zero-order chi connectivity index (χ0) is 16.4. The van der Waals surface area contributed by atoms with Gasteiger partial charge in [-0.1, -0.05) is 30.3 Å². The number of hydrogen-bond donors (Lipinski definition) is 0. The van der Waals surface area contributed by atoms with Crippen molar-refractivity contribution in [3.63, 3.8) is 0 Å². The van der Waals surface area contributed by atoms with Crippen LogP contribution in [0.25, 0.3) is 11.2 Å². The molecule has 3 heterocycles. The van der Waals surface area contributed by atoms with Crippen molar-refractivity contribution >= 4 is 22.8 Å². The molecule has 1 fully saturated rings. The van der Waals surface area contributed by atoms with Crippen LogP contribution < -0.4 is 4.90 Å². The standard InChI is InChI=1S/C17H17N5O2/c23-14(13-4-2-1-3-5-13)10-22-12-20-15-16(18-11-19-17(15)22)21-6-8-24-9-7-21/h1-5,11-12H,6-10H2. The van der Waals surface area contributed by atoms with Crippen molar-refractivity contribution in [2.24, 2.45) is 0 Å². The summed E-state index contributed by atoms with van der Waals surface area (Å²) in [6.07, 6.45) is 3.18. The molecule has 24 heavy (non-hydrogen) atoms. The van der Waals surface area contributed by atoms with Crippen molar-refractivity contribution in [2.75, 3.05) is 31.2 Å². The number of morpholine rings is 1. The minimum Gasteiger partial charge on any atom is -0.378 e. The fourth-order valence-corrected chi connectivity index (χ4v) is 2.86. The normalized spacial score (nSPS) is 14.9. The summed E-state index contributed by atoms with van der Waals surface area (Å²) in [6.45, 7) is 3.13. The van der Waals surface area contributed by atoms with Crippen molar-refractivity contribution in [1.82, 2.24) is 19.5 Å². The molecule has 4 rings (SSSR count). The summed E-state index contributed by atoms with van der Waals surface area (Å²) >= 11 is 0. The van der Waals surface area contributed by atoms with Crippen molar-refractivity contribution in [1.29, 1.82) is 0 Å². The van der Waals surface area contributed by atoms with Crippen molar-refractivity contribution in [3.05, 3.63) is 48.5 Å². The number of fused-ring (bicyclic) bond motifs is 1. The van der Waals surface area contributed by atoms with Gasteiger partial charge in [0.15, 0.2) is 22.8 Å². The third-order valence-corrected chi connectivity index (χ3v) is 4.10. The quantitative estimate of drug-likeness (QED) is 0.678. The summed E-state index contributed by atoms with van der Waals surface area (Å²) in [4.78, 5) is 27.7. The summed E-state index contributed by atoms with van der Waals surface area (Å²) in [6, 6.07) is 9.24. The van der Waals surface area contributed by atoms with Crippen LogP contribution in [0.1, 0.15) is 10.4 Å². The minimum atomic E-state index is 0.0291. The lowest BCUT2D eigenvalue weighted by Crippen LogP contribution is -2.37. The van der Waals surface area contributed by atoms with E-state index < -0.39 is 0 Å². The van der Waals surface area contributed by atoms with E-state index in [-0.39, 0.29) is 12.3 Å². The maximum Gasteiger partial charge on any atom is 0.182 e. The zero-order valence-electron chi connectivity index (χ0n) is 13.1. The van der Waals surface area contributed by atoms with Gasteiger partial charge < -0.3 is 14.2 Å². The molecular weight excluding hydrogens is 306 g/mol. The number of hydrogen-bond acceptors (Lipinski definition) is 6. The van der Waals surface area contributed by atoms with E-state index >= 15 is 0 Å². The van der Waals surface area contributed by atoms with E-state index in [9.17, 15) is 4.79 Å². The first-order chi connectivity index (χ1) is 11.8. The molecule has 0 aliphatic carbocycles. The predicted molar refractivity (Wildman–Crippen MR) is 89.1 cm³/mol. The lowest BCUT2D eigenvalue weighted by Gasteiger charge is -2.27. The largest absolute Gasteiger partial charge is 0.378 e. The number of nitrogens with zero attached hydrogens (tertiary/aromatic N) is 5. The number of carbonyl (C=O) groups is 1. The number of aromatic nitrogens is 4. The van der Waals surface area contributed by atoms with Gasteiger partial charge in [0.1, 0.15) is 6.33 Å². The number of carbonyl (C=O) groups excluding carboxylic acids is 1. The summed E-state index contributed by atoms with van der Waals surface area (Å²) in [5.41, 5.74) is 2.08. The molecule has 1 aliphatic rings. The number of ketones is 1. The number of benzene rings is 1. The number of Topliss-reactive ketones (excluding diaryl/α,β-unsaturated/α-hetero) is 1. The Balaban J connectivity index is 1.64. The van der Waals surface area contributed by atoms with E-state index in [1.165, 1.54) is 6.33 Å². The van der Waals surface area contributed by atoms with Crippen LogP contribution in [0.2, 0.25) is 0 Å². The van der Waals surface area contributed by atoms with Gasteiger partial charge in [-0.25, -0.2) is 15.0 Å². The first-order valence-electron chi connectivity index (χ1n) is 7.90. The number of ether oxygens (including phenoxy) is 1. The molecule has 122 valence electrons. The van der Waals surface area contributed by atoms with E-state index in [4.69, 9.17) is 4.74 Å². The van der Waals surface area contributed by atoms with Crippen LogP contribution in [0.4, 0.5) is 5.82 Å². The van der Waals surface area contributed by atoms with Crippen LogP contribution >= 0.6 is 0 Å². The van der Waals surface area contributed by atoms with Gasteiger partial charge in [-0.15, -0.1) is 0 Å². The molecule has 0 radical (unpaired) electrons. The summed E-state index contributed by atoms with van der Waals surface area (Å²) in [5, 5.41) is 0. The van der Waals surface area contributed by atoms with Gasteiger partial charge in [-0.3, -0.25) is 4.79 Å². The van der Waals surface area contributed by atoms with Crippen LogP contribution in [0.5, 0.6) is 0 Å². The first-order valence-corrected chi connectivity index (χ1v) is 7.90. The fourth-order valence-electron chi connectivity index (χ4n) is 2.86. The molecule has 3 aromatic rings. The number of anilines is 1. The average Bonchev–Trinajstić information content (AvgIpc) is 3.06. The molecule has 2 aromatic heterocycles. The van der Waals surface area contributed by atoms with E-state index in [1.54, 1.807) is 10.9 Å². The molecule has 1 saturated heterocycles. The lowest BCUT2D eigenvalue weighted by atomic mass is 10.1. The van der Waals surface area contributed by atoms with E-state index in [0.717, 1.165) is 24.4 Å². The Labute approximate surface area is 138 Å². The second-order valence-corrected chi connectivity index (χ2v) is 5.63. The van der Waals surface area contributed by atoms with Gasteiger partial charge in [-0.05, 0) is 0 Å². The summed E-state index contributed by atoms with van der Waals surface area (Å²) < 4.78 is 7.16. The smallest absolute Gasteiger partial charge is 0.182 e. The van der Waals surface area contributed by atoms with Gasteiger partial charge in [-0.2, -0.15) is 0 Å². The predicted octanol–water partition coefficient (Wildman–Crippen LogP) is 1.55. The highest BCUT2D eigenvalue weighted by molar-refractivity contribution is 5.96. The third-order valence-electron chi connectivity index (χ3n) is 4.10. The van der Waals surface area contributed by atoms with Gasteiger partial charge in [0.25, 0.3) is 0 Å². The Hall–Kier alpha value is -2.80. The third kappa shape index (κ3) is 2.74. The molecule has 0 spiro atoms. The molecule has 7 heteroatoms. The molecular formula is C17H17N5O2. The Morgan fingerprint density at radius 1 is 1.08 bits per heavy atom. The van der Waals surface area contributed by atoms with Crippen LogP contribution in [0.3, 0.4) is 0 Å². The number of rotatable bonds is 4. The molecule has 0 unspecified atom stereocenters. The molecule has 0 amide bonds. The van der Waals surface area contributed by atoms with Crippen LogP contribution in [0.15, 0.2) is 43.0 Å². The van der Waals surface area contributed by atoms with Gasteiger partial charge >= 0.3 is 0 Å². The molecule has 1 aliphatic heterocycles. The molecule has 0 atom stereocenters. The van der Waals surface area contributed by atoms with Gasteiger partial charge in [0, 0.05) is 18.7 Å². The topological polar surface area (TPSA) is 73.1 Å². The van der Waals surface area contributed by atoms with E-state index in [2.05, 4.69) is 19.9 Å². The molecule has 0 N–H and O–H groups in total. The molecule has 7 nitrogen and oxygen atoms in total. The SMILES string of the molecule is O=C(Cn1cnc2c(N3CCOCC3)ncnc21)c1ccccc1. The highest BCUT2D eigenvalue weighted by Crippen LogP contribution is 2.22. The van der Waals surface area contributed by atoms with E-state index in [0.29, 0.717) is 24.4 Å². The molecule has 1 aromatic carbocycles. The Morgan fingerprint density at radius 2 is 1.88 bits per heavy atom. The monoisotopic (exact) mass is 323 g/mol. The number of imidazole rings is 1. The van der Waals surface area contributed by atoms with Crippen molar-refractivity contribution in [2.45, 2.75) is 6.54 Å². The second-order valence-electron chi connectivity index (χ2n) is 5.63.